The Kier molecular flexibility index (Phi) is 7.93. The Balaban J connectivity index is 2.11. The van der Waals surface area contributed by atoms with Crippen LogP contribution >= 0.6 is 11.3 Å². The van der Waals surface area contributed by atoms with E-state index in [2.05, 4.69) is 10.6 Å². The van der Waals surface area contributed by atoms with Crippen LogP contribution in [0.4, 0.5) is 5.00 Å². The minimum Gasteiger partial charge on any atom is -0.497 e. The highest BCUT2D eigenvalue weighted by molar-refractivity contribution is 7.18. The molecule has 0 aliphatic heterocycles. The average Bonchev–Trinajstić information content (AvgIpc) is 3.07. The molecule has 2 rings (SSSR count). The summed E-state index contributed by atoms with van der Waals surface area (Å²) in [5.41, 5.74) is 0.739. The summed E-state index contributed by atoms with van der Waals surface area (Å²) in [6.45, 7) is 2.80. The maximum absolute atomic E-state index is 12.3. The Bertz CT molecular complexity index is 951. The molecular weight excluding hydrogens is 412 g/mol. The van der Waals surface area contributed by atoms with Gasteiger partial charge in [-0.1, -0.05) is 0 Å². The number of nitrogens with one attached hydrogen (secondary N) is 2. The van der Waals surface area contributed by atoms with Crippen molar-refractivity contribution in [2.45, 2.75) is 13.8 Å². The van der Waals surface area contributed by atoms with Crippen LogP contribution in [0.2, 0.25) is 0 Å². The molecule has 2 amide bonds. The Hall–Kier alpha value is -3.40. The van der Waals surface area contributed by atoms with Gasteiger partial charge in [-0.05, 0) is 43.7 Å². The van der Waals surface area contributed by atoms with Crippen molar-refractivity contribution in [3.8, 4) is 5.75 Å². The minimum atomic E-state index is -0.688. The zero-order valence-corrected chi connectivity index (χ0v) is 17.8. The summed E-state index contributed by atoms with van der Waals surface area (Å²) < 4.78 is 15.0. The third-order valence-electron chi connectivity index (χ3n) is 3.97. The van der Waals surface area contributed by atoms with Crippen molar-refractivity contribution in [2.75, 3.05) is 32.7 Å². The van der Waals surface area contributed by atoms with E-state index in [1.807, 2.05) is 0 Å². The van der Waals surface area contributed by atoms with Crippen molar-refractivity contribution in [3.05, 3.63) is 45.8 Å². The van der Waals surface area contributed by atoms with Crippen LogP contribution in [0.1, 0.15) is 42.9 Å². The zero-order chi connectivity index (χ0) is 22.3. The fraction of sp³-hybridized carbons (Fsp3) is 0.300. The van der Waals surface area contributed by atoms with Crippen molar-refractivity contribution in [2.24, 2.45) is 0 Å². The largest absolute Gasteiger partial charge is 0.497 e. The molecule has 2 N–H and O–H groups in total. The van der Waals surface area contributed by atoms with Gasteiger partial charge in [0, 0.05) is 7.05 Å². The molecule has 0 spiro atoms. The standard InChI is InChI=1S/C20H22N2O7S/c1-5-28-20(26)15-11(2)16(17(24)21-3)30-18(15)22-14(23)10-29-19(25)12-6-8-13(27-4)9-7-12/h6-9H,5,10H2,1-4H3,(H,21,24)(H,22,23). The summed E-state index contributed by atoms with van der Waals surface area (Å²) >= 11 is 0.937. The third kappa shape index (κ3) is 5.35. The van der Waals surface area contributed by atoms with E-state index in [0.29, 0.717) is 11.3 Å². The topological polar surface area (TPSA) is 120 Å². The van der Waals surface area contributed by atoms with Gasteiger partial charge < -0.3 is 24.8 Å². The molecule has 0 aliphatic carbocycles. The smallest absolute Gasteiger partial charge is 0.341 e. The summed E-state index contributed by atoms with van der Waals surface area (Å²) in [5, 5.41) is 5.15. The van der Waals surface area contributed by atoms with Crippen LogP contribution in [0.25, 0.3) is 0 Å². The van der Waals surface area contributed by atoms with Crippen molar-refractivity contribution in [1.82, 2.24) is 5.32 Å². The number of amides is 2. The molecule has 0 radical (unpaired) electrons. The molecule has 30 heavy (non-hydrogen) atoms. The SMILES string of the molecule is CCOC(=O)c1c(NC(=O)COC(=O)c2ccc(OC)cc2)sc(C(=O)NC)c1C. The monoisotopic (exact) mass is 434 g/mol. The maximum atomic E-state index is 12.3. The average molecular weight is 434 g/mol. The van der Waals surface area contributed by atoms with Gasteiger partial charge >= 0.3 is 11.9 Å². The molecule has 0 unspecified atom stereocenters. The van der Waals surface area contributed by atoms with Gasteiger partial charge in [0.25, 0.3) is 11.8 Å². The van der Waals surface area contributed by atoms with Crippen molar-refractivity contribution < 1.29 is 33.4 Å². The lowest BCUT2D eigenvalue weighted by Gasteiger charge is -2.08. The predicted octanol–water partition coefficient (Wildman–Crippen LogP) is 2.40. The molecule has 1 aromatic heterocycles. The predicted molar refractivity (Wildman–Crippen MR) is 110 cm³/mol. The van der Waals surface area contributed by atoms with Crippen molar-refractivity contribution in [3.63, 3.8) is 0 Å². The van der Waals surface area contributed by atoms with Gasteiger partial charge in [-0.15, -0.1) is 11.3 Å². The Labute approximate surface area is 177 Å². The third-order valence-corrected chi connectivity index (χ3v) is 5.18. The number of carbonyl (C=O) groups is 4. The van der Waals surface area contributed by atoms with E-state index in [1.165, 1.54) is 26.3 Å². The number of benzene rings is 1. The van der Waals surface area contributed by atoms with E-state index in [-0.39, 0.29) is 27.6 Å². The lowest BCUT2D eigenvalue weighted by Crippen LogP contribution is -2.21. The zero-order valence-electron chi connectivity index (χ0n) is 17.0. The van der Waals surface area contributed by atoms with E-state index in [1.54, 1.807) is 26.0 Å². The molecule has 0 aliphatic rings. The van der Waals surface area contributed by atoms with E-state index >= 15 is 0 Å². The fourth-order valence-electron chi connectivity index (χ4n) is 2.48. The lowest BCUT2D eigenvalue weighted by atomic mass is 10.1. The molecule has 0 saturated carbocycles. The number of rotatable bonds is 8. The molecule has 9 nitrogen and oxygen atoms in total. The normalized spacial score (nSPS) is 10.1. The first-order valence-corrected chi connectivity index (χ1v) is 9.77. The van der Waals surface area contributed by atoms with Gasteiger partial charge in [-0.25, -0.2) is 9.59 Å². The molecule has 0 fully saturated rings. The van der Waals surface area contributed by atoms with Crippen LogP contribution in [0.3, 0.4) is 0 Å². The molecule has 1 heterocycles. The van der Waals surface area contributed by atoms with Gasteiger partial charge in [0.2, 0.25) is 0 Å². The first-order valence-electron chi connectivity index (χ1n) is 8.95. The summed E-state index contributed by atoms with van der Waals surface area (Å²) in [7, 11) is 2.96. The van der Waals surface area contributed by atoms with Gasteiger partial charge in [0.15, 0.2) is 6.61 Å². The van der Waals surface area contributed by atoms with Crippen LogP contribution in [-0.4, -0.2) is 51.1 Å². The van der Waals surface area contributed by atoms with Crippen LogP contribution < -0.4 is 15.4 Å². The van der Waals surface area contributed by atoms with Gasteiger partial charge in [0.1, 0.15) is 10.8 Å². The summed E-state index contributed by atoms with van der Waals surface area (Å²) in [6, 6.07) is 6.21. The number of hydrogen-bond acceptors (Lipinski definition) is 8. The number of anilines is 1. The molecule has 160 valence electrons. The summed E-state index contributed by atoms with van der Waals surface area (Å²) in [6.07, 6.45) is 0. The number of carbonyl (C=O) groups excluding carboxylic acids is 4. The minimum absolute atomic E-state index is 0.0929. The molecule has 10 heteroatoms. The maximum Gasteiger partial charge on any atom is 0.341 e. The Morgan fingerprint density at radius 1 is 1.03 bits per heavy atom. The number of hydrogen-bond donors (Lipinski definition) is 2. The van der Waals surface area contributed by atoms with E-state index in [0.717, 1.165) is 11.3 Å². The molecule has 0 atom stereocenters. The van der Waals surface area contributed by atoms with Crippen LogP contribution in [0, 0.1) is 6.92 Å². The quantitative estimate of drug-likeness (QED) is 0.612. The van der Waals surface area contributed by atoms with Crippen LogP contribution in [0.15, 0.2) is 24.3 Å². The number of esters is 2. The highest BCUT2D eigenvalue weighted by Gasteiger charge is 2.26. The second-order valence-electron chi connectivity index (χ2n) is 5.91. The van der Waals surface area contributed by atoms with Gasteiger partial charge in [-0.2, -0.15) is 0 Å². The molecule has 0 saturated heterocycles. The van der Waals surface area contributed by atoms with Crippen LogP contribution in [0.5, 0.6) is 5.75 Å². The van der Waals surface area contributed by atoms with Crippen LogP contribution in [-0.2, 0) is 14.3 Å². The number of ether oxygens (including phenoxy) is 3. The van der Waals surface area contributed by atoms with E-state index in [9.17, 15) is 19.2 Å². The first-order chi connectivity index (χ1) is 14.3. The first kappa shape index (κ1) is 22.9. The Morgan fingerprint density at radius 2 is 1.70 bits per heavy atom. The second kappa shape index (κ2) is 10.4. The summed E-state index contributed by atoms with van der Waals surface area (Å²) in [5.74, 6) is -1.82. The fourth-order valence-corrected chi connectivity index (χ4v) is 3.64. The highest BCUT2D eigenvalue weighted by atomic mass is 32.1. The highest BCUT2D eigenvalue weighted by Crippen LogP contribution is 2.33. The Morgan fingerprint density at radius 3 is 2.27 bits per heavy atom. The van der Waals surface area contributed by atoms with Crippen molar-refractivity contribution in [1.29, 1.82) is 0 Å². The summed E-state index contributed by atoms with van der Waals surface area (Å²) in [4.78, 5) is 49.0. The van der Waals surface area contributed by atoms with E-state index in [4.69, 9.17) is 14.2 Å². The lowest BCUT2D eigenvalue weighted by molar-refractivity contribution is -0.119. The molecular formula is C20H22N2O7S. The second-order valence-corrected chi connectivity index (χ2v) is 6.93. The van der Waals surface area contributed by atoms with Crippen molar-refractivity contribution >= 4 is 40.1 Å². The number of methoxy groups -OCH3 is 1. The van der Waals surface area contributed by atoms with E-state index < -0.39 is 30.4 Å². The van der Waals surface area contributed by atoms with Gasteiger partial charge in [0.05, 0.1) is 29.7 Å². The molecule has 2 aromatic rings. The molecule has 1 aromatic carbocycles. The molecule has 0 bridgehead atoms. The van der Waals surface area contributed by atoms with Gasteiger partial charge in [-0.3, -0.25) is 9.59 Å². The number of thiophene rings is 1.